The first-order valence-electron chi connectivity index (χ1n) is 11.3. The van der Waals surface area contributed by atoms with Crippen LogP contribution in [0.5, 0.6) is 5.75 Å². The molecule has 3 N–H and O–H groups in total. The largest absolute Gasteiger partial charge is 0.496 e. The number of nitrogens with zero attached hydrogens (tertiary/aromatic N) is 2. The van der Waals surface area contributed by atoms with Gasteiger partial charge >= 0.3 is 0 Å². The Balaban J connectivity index is 2.13. The van der Waals surface area contributed by atoms with E-state index in [1.807, 2.05) is 27.7 Å². The van der Waals surface area contributed by atoms with Crippen LogP contribution in [-0.2, 0) is 9.59 Å². The highest BCUT2D eigenvalue weighted by atomic mass is 16.5. The maximum absolute atomic E-state index is 12.9. The van der Waals surface area contributed by atoms with Crippen LogP contribution in [0.15, 0.2) is 28.9 Å². The highest BCUT2D eigenvalue weighted by Crippen LogP contribution is 2.24. The minimum atomic E-state index is -0.593. The molecule has 1 heterocycles. The zero-order valence-electron chi connectivity index (χ0n) is 20.3. The molecule has 10 nitrogen and oxygen atoms in total. The summed E-state index contributed by atoms with van der Waals surface area (Å²) in [5.74, 6) is -0.544. The van der Waals surface area contributed by atoms with E-state index in [-0.39, 0.29) is 36.4 Å². The summed E-state index contributed by atoms with van der Waals surface area (Å²) in [6, 6.07) is 4.68. The van der Waals surface area contributed by atoms with Gasteiger partial charge in [0.2, 0.25) is 18.2 Å². The Morgan fingerprint density at radius 2 is 2.06 bits per heavy atom. The molecule has 3 amide bonds. The Labute approximate surface area is 199 Å². The molecular weight excluding hydrogens is 440 g/mol. The Hall–Kier alpha value is -3.40. The molecule has 0 aliphatic rings. The minimum Gasteiger partial charge on any atom is -0.496 e. The molecule has 0 unspecified atom stereocenters. The summed E-state index contributed by atoms with van der Waals surface area (Å²) in [6.07, 6.45) is 3.67. The second-order valence-corrected chi connectivity index (χ2v) is 8.51. The molecule has 1 aromatic carbocycles. The van der Waals surface area contributed by atoms with E-state index in [0.717, 1.165) is 18.4 Å². The lowest BCUT2D eigenvalue weighted by atomic mass is 9.98. The van der Waals surface area contributed by atoms with E-state index in [1.165, 1.54) is 6.26 Å². The number of unbranched alkanes of at least 4 members (excludes halogenated alkanes) is 1. The van der Waals surface area contributed by atoms with Gasteiger partial charge in [-0.25, -0.2) is 10.0 Å². The standard InChI is InChI=1S/C24H34N4O6/c1-6-7-8-17(12-28(32)14-29)22(30)27-21(15(2)3)24-26-19(13-34-24)23(31)25-18-9-10-20(33-5)16(4)11-18/h9-11,13-15,17,21,32H,6-8,12H2,1-5H3,(H,25,31)(H,27,30)/t17-,21+/m1/s1. The van der Waals surface area contributed by atoms with Crippen LogP contribution in [0, 0.1) is 18.8 Å². The van der Waals surface area contributed by atoms with Crippen molar-refractivity contribution in [2.45, 2.75) is 53.0 Å². The number of hydroxylamine groups is 2. The fraction of sp³-hybridized carbons (Fsp3) is 0.500. The number of hydrogen-bond acceptors (Lipinski definition) is 7. The molecule has 10 heteroatoms. The van der Waals surface area contributed by atoms with Crippen molar-refractivity contribution in [3.63, 3.8) is 0 Å². The third-order valence-electron chi connectivity index (χ3n) is 5.44. The van der Waals surface area contributed by atoms with Crippen molar-refractivity contribution >= 4 is 23.9 Å². The van der Waals surface area contributed by atoms with Crippen molar-refractivity contribution in [2.75, 3.05) is 19.0 Å². The van der Waals surface area contributed by atoms with Crippen molar-refractivity contribution in [2.24, 2.45) is 11.8 Å². The number of rotatable bonds is 13. The van der Waals surface area contributed by atoms with Gasteiger partial charge in [-0.1, -0.05) is 33.6 Å². The first-order chi connectivity index (χ1) is 16.2. The molecule has 186 valence electrons. The van der Waals surface area contributed by atoms with Gasteiger partial charge in [-0.15, -0.1) is 0 Å². The maximum Gasteiger partial charge on any atom is 0.277 e. The van der Waals surface area contributed by atoms with Gasteiger partial charge in [0.25, 0.3) is 5.91 Å². The Morgan fingerprint density at radius 1 is 1.32 bits per heavy atom. The summed E-state index contributed by atoms with van der Waals surface area (Å²) in [6.45, 7) is 7.53. The number of aryl methyl sites for hydroxylation is 1. The van der Waals surface area contributed by atoms with Crippen molar-refractivity contribution in [3.8, 4) is 5.75 Å². The molecule has 0 radical (unpaired) electrons. The van der Waals surface area contributed by atoms with Gasteiger partial charge in [0.15, 0.2) is 5.69 Å². The number of benzene rings is 1. The fourth-order valence-electron chi connectivity index (χ4n) is 3.50. The van der Waals surface area contributed by atoms with Crippen LogP contribution in [0.2, 0.25) is 0 Å². The second kappa shape index (κ2) is 12.7. The van der Waals surface area contributed by atoms with Crippen LogP contribution < -0.4 is 15.4 Å². The van der Waals surface area contributed by atoms with Crippen molar-refractivity contribution in [1.29, 1.82) is 0 Å². The SMILES string of the molecule is CCCC[C@H](CN(O)C=O)C(=O)N[C@H](c1nc(C(=O)Nc2ccc(OC)c(C)c2)co1)C(C)C. The van der Waals surface area contributed by atoms with Gasteiger partial charge in [-0.3, -0.25) is 19.6 Å². The molecule has 0 saturated heterocycles. The van der Waals surface area contributed by atoms with Gasteiger partial charge < -0.3 is 19.8 Å². The molecule has 0 saturated carbocycles. The number of nitrogens with one attached hydrogen (secondary N) is 2. The molecule has 0 aliphatic carbocycles. The number of oxazole rings is 1. The van der Waals surface area contributed by atoms with Crippen molar-refractivity contribution in [3.05, 3.63) is 41.6 Å². The zero-order valence-corrected chi connectivity index (χ0v) is 20.3. The molecule has 2 aromatic rings. The summed E-state index contributed by atoms with van der Waals surface area (Å²) in [5.41, 5.74) is 1.54. The number of aromatic nitrogens is 1. The molecule has 34 heavy (non-hydrogen) atoms. The van der Waals surface area contributed by atoms with E-state index in [1.54, 1.807) is 25.3 Å². The molecule has 2 atom stereocenters. The van der Waals surface area contributed by atoms with Crippen LogP contribution in [-0.4, -0.2) is 47.1 Å². The van der Waals surface area contributed by atoms with E-state index in [4.69, 9.17) is 9.15 Å². The molecule has 0 aliphatic heterocycles. The lowest BCUT2D eigenvalue weighted by Gasteiger charge is -2.24. The monoisotopic (exact) mass is 474 g/mol. The first-order valence-corrected chi connectivity index (χ1v) is 11.3. The number of methoxy groups -OCH3 is 1. The van der Waals surface area contributed by atoms with E-state index in [2.05, 4.69) is 15.6 Å². The van der Waals surface area contributed by atoms with Crippen LogP contribution >= 0.6 is 0 Å². The molecule has 0 spiro atoms. The number of anilines is 1. The average molecular weight is 475 g/mol. The predicted octanol–water partition coefficient (Wildman–Crippen LogP) is 3.71. The number of ether oxygens (including phenoxy) is 1. The van der Waals surface area contributed by atoms with Crippen LogP contribution in [0.1, 0.15) is 68.0 Å². The number of amides is 3. The summed E-state index contributed by atoms with van der Waals surface area (Å²) in [4.78, 5) is 40.7. The molecule has 0 bridgehead atoms. The van der Waals surface area contributed by atoms with Crippen molar-refractivity contribution < 1.29 is 28.7 Å². The molecule has 2 rings (SSSR count). The normalized spacial score (nSPS) is 12.7. The van der Waals surface area contributed by atoms with Crippen LogP contribution in [0.25, 0.3) is 0 Å². The average Bonchev–Trinajstić information content (AvgIpc) is 3.29. The molecule has 1 aromatic heterocycles. The lowest BCUT2D eigenvalue weighted by molar-refractivity contribution is -0.154. The van der Waals surface area contributed by atoms with Gasteiger partial charge in [0.05, 0.1) is 19.6 Å². The van der Waals surface area contributed by atoms with Crippen LogP contribution in [0.4, 0.5) is 5.69 Å². The number of carbonyl (C=O) groups is 3. The maximum atomic E-state index is 12.9. The Kier molecular flexibility index (Phi) is 10.1. The topological polar surface area (TPSA) is 134 Å². The van der Waals surface area contributed by atoms with E-state index in [9.17, 15) is 19.6 Å². The highest BCUT2D eigenvalue weighted by Gasteiger charge is 2.29. The second-order valence-electron chi connectivity index (χ2n) is 8.51. The summed E-state index contributed by atoms with van der Waals surface area (Å²) in [5, 5.41) is 15.7. The highest BCUT2D eigenvalue weighted by molar-refractivity contribution is 6.02. The van der Waals surface area contributed by atoms with E-state index in [0.29, 0.717) is 22.9 Å². The van der Waals surface area contributed by atoms with E-state index >= 15 is 0 Å². The Morgan fingerprint density at radius 3 is 2.65 bits per heavy atom. The third-order valence-corrected chi connectivity index (χ3v) is 5.44. The quantitative estimate of drug-likeness (QED) is 0.229. The summed E-state index contributed by atoms with van der Waals surface area (Å²) in [7, 11) is 1.58. The first kappa shape index (κ1) is 26.8. The van der Waals surface area contributed by atoms with Gasteiger partial charge in [-0.2, -0.15) is 0 Å². The summed E-state index contributed by atoms with van der Waals surface area (Å²) >= 11 is 0. The number of hydrogen-bond donors (Lipinski definition) is 3. The molecular formula is C24H34N4O6. The van der Waals surface area contributed by atoms with Gasteiger partial charge in [0, 0.05) is 5.69 Å². The smallest absolute Gasteiger partial charge is 0.277 e. The Bertz CT molecular complexity index is 974. The van der Waals surface area contributed by atoms with Crippen LogP contribution in [0.3, 0.4) is 0 Å². The van der Waals surface area contributed by atoms with Gasteiger partial charge in [0.1, 0.15) is 18.1 Å². The van der Waals surface area contributed by atoms with Gasteiger partial charge in [-0.05, 0) is 43.0 Å². The fourth-order valence-corrected chi connectivity index (χ4v) is 3.50. The summed E-state index contributed by atoms with van der Waals surface area (Å²) < 4.78 is 10.8. The molecule has 0 fully saturated rings. The predicted molar refractivity (Wildman–Crippen MR) is 125 cm³/mol. The lowest BCUT2D eigenvalue weighted by Crippen LogP contribution is -2.40. The zero-order chi connectivity index (χ0) is 25.3. The minimum absolute atomic E-state index is 0.0772. The number of carbonyl (C=O) groups excluding carboxylic acids is 3. The third kappa shape index (κ3) is 7.31. The van der Waals surface area contributed by atoms with E-state index < -0.39 is 17.9 Å². The van der Waals surface area contributed by atoms with Crippen molar-refractivity contribution in [1.82, 2.24) is 15.4 Å².